The van der Waals surface area contributed by atoms with Gasteiger partial charge in [0.15, 0.2) is 0 Å². The molecule has 1 atom stereocenters. The molecule has 0 spiro atoms. The summed E-state index contributed by atoms with van der Waals surface area (Å²) in [6.07, 6.45) is 0.406. The summed E-state index contributed by atoms with van der Waals surface area (Å²) in [6.45, 7) is 1.77. The predicted octanol–water partition coefficient (Wildman–Crippen LogP) is 1.71. The Morgan fingerprint density at radius 2 is 2.14 bits per heavy atom. The number of rotatable bonds is 3. The Bertz CT molecular complexity index is 306. The van der Waals surface area contributed by atoms with Crippen molar-refractivity contribution in [2.45, 2.75) is 18.9 Å². The van der Waals surface area contributed by atoms with Crippen LogP contribution >= 0.6 is 15.9 Å². The molecule has 0 fully saturated rings. The number of nitrogens with two attached hydrogens (primary N) is 1. The first-order valence-electron chi connectivity index (χ1n) is 4.37. The molecular formula is C10H14BrNO2. The highest BCUT2D eigenvalue weighted by molar-refractivity contribution is 9.10. The summed E-state index contributed by atoms with van der Waals surface area (Å²) in [5, 5.41) is 18.5. The van der Waals surface area contributed by atoms with Gasteiger partial charge in [-0.25, -0.2) is 0 Å². The average molecular weight is 260 g/mol. The van der Waals surface area contributed by atoms with E-state index in [1.54, 1.807) is 19.1 Å². The van der Waals surface area contributed by atoms with Gasteiger partial charge in [-0.2, -0.15) is 0 Å². The van der Waals surface area contributed by atoms with Crippen molar-refractivity contribution in [1.29, 1.82) is 0 Å². The SMILES string of the molecule is C[C@@](N)(CCO)c1c(O)cccc1Br. The Kier molecular flexibility index (Phi) is 3.53. The predicted molar refractivity (Wildman–Crippen MR) is 59.0 cm³/mol. The fourth-order valence-corrected chi connectivity index (χ4v) is 2.24. The highest BCUT2D eigenvalue weighted by Crippen LogP contribution is 2.35. The molecule has 0 unspecified atom stereocenters. The second-order valence-electron chi connectivity index (χ2n) is 3.53. The van der Waals surface area contributed by atoms with Crippen LogP contribution in [0.3, 0.4) is 0 Å². The van der Waals surface area contributed by atoms with Gasteiger partial charge >= 0.3 is 0 Å². The van der Waals surface area contributed by atoms with Crippen molar-refractivity contribution >= 4 is 15.9 Å². The van der Waals surface area contributed by atoms with Gasteiger partial charge in [0.05, 0.1) is 0 Å². The van der Waals surface area contributed by atoms with Gasteiger partial charge in [0, 0.05) is 22.2 Å². The van der Waals surface area contributed by atoms with E-state index in [4.69, 9.17) is 10.8 Å². The van der Waals surface area contributed by atoms with Gasteiger partial charge in [-0.05, 0) is 25.5 Å². The van der Waals surface area contributed by atoms with Crippen LogP contribution in [0.4, 0.5) is 0 Å². The van der Waals surface area contributed by atoms with Gasteiger partial charge in [0.25, 0.3) is 0 Å². The van der Waals surface area contributed by atoms with Crippen LogP contribution in [0.2, 0.25) is 0 Å². The van der Waals surface area contributed by atoms with Gasteiger partial charge in [-0.3, -0.25) is 0 Å². The zero-order valence-corrected chi connectivity index (χ0v) is 9.58. The van der Waals surface area contributed by atoms with E-state index in [9.17, 15) is 5.11 Å². The van der Waals surface area contributed by atoms with Crippen molar-refractivity contribution in [2.24, 2.45) is 5.73 Å². The molecular weight excluding hydrogens is 246 g/mol. The fourth-order valence-electron chi connectivity index (χ4n) is 1.44. The first kappa shape index (κ1) is 11.5. The molecule has 0 aliphatic rings. The van der Waals surface area contributed by atoms with Gasteiger partial charge in [0.1, 0.15) is 5.75 Å². The molecule has 1 rings (SSSR count). The normalized spacial score (nSPS) is 15.1. The molecule has 0 heterocycles. The van der Waals surface area contributed by atoms with Crippen LogP contribution in [0.1, 0.15) is 18.9 Å². The molecule has 1 aromatic carbocycles. The van der Waals surface area contributed by atoms with Gasteiger partial charge in [-0.1, -0.05) is 22.0 Å². The minimum absolute atomic E-state index is 0.00618. The molecule has 0 aliphatic carbocycles. The molecule has 0 amide bonds. The Hall–Kier alpha value is -0.580. The summed E-state index contributed by atoms with van der Waals surface area (Å²) in [5.41, 5.74) is 5.91. The number of hydrogen-bond donors (Lipinski definition) is 3. The van der Waals surface area contributed by atoms with Crippen LogP contribution in [0, 0.1) is 0 Å². The number of phenols is 1. The maximum atomic E-state index is 9.66. The van der Waals surface area contributed by atoms with E-state index >= 15 is 0 Å². The lowest BCUT2D eigenvalue weighted by Crippen LogP contribution is -2.34. The topological polar surface area (TPSA) is 66.5 Å². The molecule has 78 valence electrons. The lowest BCUT2D eigenvalue weighted by atomic mass is 9.89. The summed E-state index contributed by atoms with van der Waals surface area (Å²) in [5.74, 6) is 0.151. The lowest BCUT2D eigenvalue weighted by Gasteiger charge is -2.26. The second kappa shape index (κ2) is 4.29. The van der Waals surface area contributed by atoms with Crippen molar-refractivity contribution in [3.05, 3.63) is 28.2 Å². The summed E-state index contributed by atoms with van der Waals surface area (Å²) in [7, 11) is 0. The molecule has 0 saturated heterocycles. The highest BCUT2D eigenvalue weighted by Gasteiger charge is 2.26. The van der Waals surface area contributed by atoms with Gasteiger partial charge < -0.3 is 15.9 Å². The first-order chi connectivity index (χ1) is 6.49. The molecule has 0 bridgehead atoms. The zero-order valence-electron chi connectivity index (χ0n) is 8.00. The van der Waals surface area contributed by atoms with Crippen molar-refractivity contribution < 1.29 is 10.2 Å². The van der Waals surface area contributed by atoms with Crippen LogP contribution in [-0.4, -0.2) is 16.8 Å². The monoisotopic (exact) mass is 259 g/mol. The molecule has 0 aromatic heterocycles. The van der Waals surface area contributed by atoms with Crippen molar-refractivity contribution in [3.63, 3.8) is 0 Å². The van der Waals surface area contributed by atoms with Crippen molar-refractivity contribution in [3.8, 4) is 5.75 Å². The molecule has 4 heteroatoms. The maximum absolute atomic E-state index is 9.66. The zero-order chi connectivity index (χ0) is 10.8. The Morgan fingerprint density at radius 3 is 2.64 bits per heavy atom. The number of aromatic hydroxyl groups is 1. The second-order valence-corrected chi connectivity index (χ2v) is 4.38. The fraction of sp³-hybridized carbons (Fsp3) is 0.400. The summed E-state index contributed by atoms with van der Waals surface area (Å²) in [6, 6.07) is 5.14. The lowest BCUT2D eigenvalue weighted by molar-refractivity contribution is 0.244. The number of benzene rings is 1. The first-order valence-corrected chi connectivity index (χ1v) is 5.16. The summed E-state index contributed by atoms with van der Waals surface area (Å²) in [4.78, 5) is 0. The van der Waals surface area contributed by atoms with E-state index in [-0.39, 0.29) is 12.4 Å². The smallest absolute Gasteiger partial charge is 0.121 e. The molecule has 0 aliphatic heterocycles. The maximum Gasteiger partial charge on any atom is 0.121 e. The number of hydrogen-bond acceptors (Lipinski definition) is 3. The van der Waals surface area contributed by atoms with Crippen LogP contribution in [0.5, 0.6) is 5.75 Å². The van der Waals surface area contributed by atoms with E-state index in [1.807, 2.05) is 6.07 Å². The molecule has 0 radical (unpaired) electrons. The third kappa shape index (κ3) is 2.26. The number of phenolic OH excluding ortho intramolecular Hbond substituents is 1. The largest absolute Gasteiger partial charge is 0.508 e. The molecule has 0 saturated carbocycles. The number of halogens is 1. The van der Waals surface area contributed by atoms with Crippen LogP contribution in [-0.2, 0) is 5.54 Å². The summed E-state index contributed by atoms with van der Waals surface area (Å²) < 4.78 is 0.760. The number of aliphatic hydroxyl groups excluding tert-OH is 1. The average Bonchev–Trinajstić information content (AvgIpc) is 2.02. The Balaban J connectivity index is 3.17. The van der Waals surface area contributed by atoms with Crippen molar-refractivity contribution in [1.82, 2.24) is 0 Å². The van der Waals surface area contributed by atoms with E-state index < -0.39 is 5.54 Å². The third-order valence-electron chi connectivity index (χ3n) is 2.19. The van der Waals surface area contributed by atoms with Crippen molar-refractivity contribution in [2.75, 3.05) is 6.61 Å². The number of aliphatic hydroxyl groups is 1. The Labute approximate surface area is 91.7 Å². The van der Waals surface area contributed by atoms with E-state index in [0.717, 1.165) is 4.47 Å². The minimum atomic E-state index is -0.723. The third-order valence-corrected chi connectivity index (χ3v) is 2.85. The standard InChI is InChI=1S/C10H14BrNO2/c1-10(12,5-6-13)9-7(11)3-2-4-8(9)14/h2-4,13-14H,5-6,12H2,1H3/t10-/m1/s1. The Morgan fingerprint density at radius 1 is 1.50 bits per heavy atom. The van der Waals surface area contributed by atoms with Crippen LogP contribution in [0.25, 0.3) is 0 Å². The molecule has 14 heavy (non-hydrogen) atoms. The quantitative estimate of drug-likeness (QED) is 0.775. The van der Waals surface area contributed by atoms with E-state index in [0.29, 0.717) is 12.0 Å². The minimum Gasteiger partial charge on any atom is -0.508 e. The van der Waals surface area contributed by atoms with Crippen LogP contribution < -0.4 is 5.73 Å². The van der Waals surface area contributed by atoms with Gasteiger partial charge in [-0.15, -0.1) is 0 Å². The molecule has 4 N–H and O–H groups in total. The van der Waals surface area contributed by atoms with Gasteiger partial charge in [0.2, 0.25) is 0 Å². The molecule has 1 aromatic rings. The van der Waals surface area contributed by atoms with E-state index in [1.165, 1.54) is 0 Å². The summed E-state index contributed by atoms with van der Waals surface area (Å²) >= 11 is 3.33. The van der Waals surface area contributed by atoms with Crippen LogP contribution in [0.15, 0.2) is 22.7 Å². The highest BCUT2D eigenvalue weighted by atomic mass is 79.9. The molecule has 3 nitrogen and oxygen atoms in total. The van der Waals surface area contributed by atoms with E-state index in [2.05, 4.69) is 15.9 Å².